The van der Waals surface area contributed by atoms with E-state index in [0.717, 1.165) is 11.1 Å². The number of anilines is 1. The Bertz CT molecular complexity index is 1390. The summed E-state index contributed by atoms with van der Waals surface area (Å²) in [6.07, 6.45) is 0.741. The first kappa shape index (κ1) is 26.3. The molecule has 37 heavy (non-hydrogen) atoms. The second-order valence-corrected chi connectivity index (χ2v) is 10.9. The molecule has 5 N–H and O–H groups in total. The van der Waals surface area contributed by atoms with Crippen molar-refractivity contribution in [2.24, 2.45) is 5.92 Å². The number of aryl methyl sites for hydroxylation is 2. The molecule has 3 aromatic carbocycles. The number of amides is 2. The van der Waals surface area contributed by atoms with E-state index in [1.807, 2.05) is 19.1 Å². The Morgan fingerprint density at radius 2 is 1.68 bits per heavy atom. The minimum atomic E-state index is -3.77. The van der Waals surface area contributed by atoms with Crippen LogP contribution in [0.15, 0.2) is 77.7 Å². The predicted molar refractivity (Wildman–Crippen MR) is 137 cm³/mol. The monoisotopic (exact) mass is 523 g/mol. The molecule has 1 aliphatic rings. The highest BCUT2D eigenvalue weighted by Gasteiger charge is 2.39. The molecular formula is C27H29N3O6S. The number of hydrogen-bond acceptors (Lipinski definition) is 6. The van der Waals surface area contributed by atoms with Crippen LogP contribution < -0.4 is 15.5 Å². The summed E-state index contributed by atoms with van der Waals surface area (Å²) in [4.78, 5) is 25.2. The van der Waals surface area contributed by atoms with Crippen LogP contribution in [0, 0.1) is 12.8 Å². The van der Waals surface area contributed by atoms with E-state index < -0.39 is 33.5 Å². The third-order valence-electron chi connectivity index (χ3n) is 6.50. The summed E-state index contributed by atoms with van der Waals surface area (Å²) in [6.45, 7) is 1.87. The lowest BCUT2D eigenvalue weighted by Gasteiger charge is -2.28. The minimum absolute atomic E-state index is 0.127. The maximum absolute atomic E-state index is 13.2. The Morgan fingerprint density at radius 3 is 2.35 bits per heavy atom. The minimum Gasteiger partial charge on any atom is -0.367 e. The smallest absolute Gasteiger partial charge is 0.261 e. The lowest BCUT2D eigenvalue weighted by molar-refractivity contribution is -0.139. The molecule has 0 unspecified atom stereocenters. The SMILES string of the molecule is Cc1ccc(S(=O)(=O)Nc2ccc(C[C@H](CC(=O)NO)C(=O)N[C@]3(O)CCc4ccccc43)cc2)cc1. The second kappa shape index (κ2) is 10.7. The van der Waals surface area contributed by atoms with Crippen molar-refractivity contribution in [3.05, 3.63) is 95.1 Å². The average Bonchev–Trinajstić information content (AvgIpc) is 3.21. The highest BCUT2D eigenvalue weighted by molar-refractivity contribution is 7.92. The fraction of sp³-hybridized carbons (Fsp3) is 0.259. The largest absolute Gasteiger partial charge is 0.367 e. The summed E-state index contributed by atoms with van der Waals surface area (Å²) in [7, 11) is -3.77. The number of nitrogens with one attached hydrogen (secondary N) is 3. The molecule has 0 aliphatic heterocycles. The number of aliphatic hydroxyl groups is 1. The van der Waals surface area contributed by atoms with Crippen LogP contribution in [-0.2, 0) is 38.2 Å². The van der Waals surface area contributed by atoms with Crippen molar-refractivity contribution in [1.29, 1.82) is 0 Å². The molecule has 2 amide bonds. The van der Waals surface area contributed by atoms with Crippen molar-refractivity contribution >= 4 is 27.5 Å². The molecule has 10 heteroatoms. The van der Waals surface area contributed by atoms with E-state index in [0.29, 0.717) is 29.7 Å². The van der Waals surface area contributed by atoms with Crippen molar-refractivity contribution in [1.82, 2.24) is 10.8 Å². The Balaban J connectivity index is 1.47. The number of hydrogen-bond donors (Lipinski definition) is 5. The van der Waals surface area contributed by atoms with Gasteiger partial charge in [-0.1, -0.05) is 54.1 Å². The van der Waals surface area contributed by atoms with Gasteiger partial charge in [0.1, 0.15) is 0 Å². The van der Waals surface area contributed by atoms with E-state index >= 15 is 0 Å². The third-order valence-corrected chi connectivity index (χ3v) is 7.89. The molecule has 0 fully saturated rings. The topological polar surface area (TPSA) is 145 Å². The molecule has 0 heterocycles. The fourth-order valence-electron chi connectivity index (χ4n) is 4.48. The van der Waals surface area contributed by atoms with Gasteiger partial charge >= 0.3 is 0 Å². The lowest BCUT2D eigenvalue weighted by Crippen LogP contribution is -2.47. The van der Waals surface area contributed by atoms with Gasteiger partial charge in [-0.2, -0.15) is 0 Å². The second-order valence-electron chi connectivity index (χ2n) is 9.26. The standard InChI is InChI=1S/C27H29N3O6S/c1-18-6-12-23(13-7-18)37(35,36)30-22-10-8-19(9-11-22)16-21(17-25(31)29-34)26(32)28-27(33)15-14-20-4-2-3-5-24(20)27/h2-13,21,30,33-34H,14-17H2,1H3,(H,28,32)(H,29,31)/t21-,27+/m1/s1. The molecule has 3 aromatic rings. The zero-order valence-electron chi connectivity index (χ0n) is 20.3. The molecule has 0 saturated carbocycles. The van der Waals surface area contributed by atoms with E-state index in [4.69, 9.17) is 5.21 Å². The Hall–Kier alpha value is -3.73. The van der Waals surface area contributed by atoms with Crippen LogP contribution >= 0.6 is 0 Å². The van der Waals surface area contributed by atoms with Crippen LogP contribution in [0.2, 0.25) is 0 Å². The van der Waals surface area contributed by atoms with Crippen LogP contribution in [0.5, 0.6) is 0 Å². The Kier molecular flexibility index (Phi) is 7.63. The van der Waals surface area contributed by atoms with Gasteiger partial charge in [-0.3, -0.25) is 19.5 Å². The van der Waals surface area contributed by atoms with Gasteiger partial charge in [0, 0.05) is 24.1 Å². The maximum Gasteiger partial charge on any atom is 0.261 e. The van der Waals surface area contributed by atoms with Crippen molar-refractivity contribution in [2.75, 3.05) is 4.72 Å². The van der Waals surface area contributed by atoms with Gasteiger partial charge in [-0.15, -0.1) is 0 Å². The van der Waals surface area contributed by atoms with Crippen molar-refractivity contribution < 1.29 is 28.3 Å². The van der Waals surface area contributed by atoms with E-state index in [1.54, 1.807) is 54.0 Å². The average molecular weight is 524 g/mol. The van der Waals surface area contributed by atoms with E-state index in [9.17, 15) is 23.1 Å². The molecule has 0 bridgehead atoms. The molecule has 0 aromatic heterocycles. The quantitative estimate of drug-likeness (QED) is 0.166. The summed E-state index contributed by atoms with van der Waals surface area (Å²) in [5.41, 5.74) is 3.53. The summed E-state index contributed by atoms with van der Waals surface area (Å²) in [5.74, 6) is -2.16. The number of hydroxylamine groups is 1. The van der Waals surface area contributed by atoms with Crippen LogP contribution in [0.4, 0.5) is 5.69 Å². The van der Waals surface area contributed by atoms with Crippen LogP contribution in [0.1, 0.15) is 35.1 Å². The Labute approximate surface area is 215 Å². The summed E-state index contributed by atoms with van der Waals surface area (Å²) in [5, 5.41) is 22.8. The van der Waals surface area contributed by atoms with Gasteiger partial charge in [-0.25, -0.2) is 13.9 Å². The first-order chi connectivity index (χ1) is 17.6. The van der Waals surface area contributed by atoms with E-state index in [2.05, 4.69) is 10.0 Å². The number of sulfonamides is 1. The molecule has 0 spiro atoms. The molecular weight excluding hydrogens is 494 g/mol. The van der Waals surface area contributed by atoms with Crippen molar-refractivity contribution in [3.63, 3.8) is 0 Å². The van der Waals surface area contributed by atoms with Crippen molar-refractivity contribution in [3.8, 4) is 0 Å². The third kappa shape index (κ3) is 6.16. The number of benzene rings is 3. The van der Waals surface area contributed by atoms with Gasteiger partial charge in [0.05, 0.1) is 10.8 Å². The first-order valence-electron chi connectivity index (χ1n) is 11.8. The fourth-order valence-corrected chi connectivity index (χ4v) is 5.54. The normalized spacial score (nSPS) is 17.5. The van der Waals surface area contributed by atoms with Gasteiger partial charge in [0.15, 0.2) is 5.72 Å². The molecule has 0 saturated heterocycles. The van der Waals surface area contributed by atoms with Gasteiger partial charge in [0.25, 0.3) is 10.0 Å². The van der Waals surface area contributed by atoms with Crippen LogP contribution in [-0.4, -0.2) is 30.5 Å². The van der Waals surface area contributed by atoms with Gasteiger partial charge in [0.2, 0.25) is 11.8 Å². The molecule has 1 aliphatic carbocycles. The molecule has 0 radical (unpaired) electrons. The number of carbonyl (C=O) groups is 2. The van der Waals surface area contributed by atoms with Crippen LogP contribution in [0.3, 0.4) is 0 Å². The number of rotatable bonds is 9. The highest BCUT2D eigenvalue weighted by Crippen LogP contribution is 2.35. The summed E-state index contributed by atoms with van der Waals surface area (Å²) in [6, 6.07) is 20.2. The molecule has 2 atom stereocenters. The zero-order valence-corrected chi connectivity index (χ0v) is 21.1. The molecule has 4 rings (SSSR count). The predicted octanol–water partition coefficient (Wildman–Crippen LogP) is 2.76. The zero-order chi connectivity index (χ0) is 26.6. The van der Waals surface area contributed by atoms with E-state index in [-0.39, 0.29) is 17.7 Å². The van der Waals surface area contributed by atoms with Gasteiger partial charge < -0.3 is 10.4 Å². The molecule has 194 valence electrons. The molecule has 9 nitrogen and oxygen atoms in total. The first-order valence-corrected chi connectivity index (χ1v) is 13.3. The lowest BCUT2D eigenvalue weighted by atomic mass is 9.93. The van der Waals surface area contributed by atoms with Crippen LogP contribution in [0.25, 0.3) is 0 Å². The Morgan fingerprint density at radius 1 is 1.00 bits per heavy atom. The summed E-state index contributed by atoms with van der Waals surface area (Å²) >= 11 is 0. The van der Waals surface area contributed by atoms with Crippen molar-refractivity contribution in [2.45, 2.75) is 43.2 Å². The number of fused-ring (bicyclic) bond motifs is 1. The highest BCUT2D eigenvalue weighted by atomic mass is 32.2. The number of carbonyl (C=O) groups excluding carboxylic acids is 2. The summed E-state index contributed by atoms with van der Waals surface area (Å²) < 4.78 is 27.8. The van der Waals surface area contributed by atoms with E-state index in [1.165, 1.54) is 12.1 Å². The van der Waals surface area contributed by atoms with Gasteiger partial charge in [-0.05, 0) is 55.2 Å². The maximum atomic E-state index is 13.2.